The lowest BCUT2D eigenvalue weighted by Gasteiger charge is -1.96. The van der Waals surface area contributed by atoms with Crippen LogP contribution >= 0.6 is 0 Å². The first kappa shape index (κ1) is 7.05. The monoisotopic (exact) mass is 163 g/mol. The molecule has 0 spiro atoms. The number of anilines is 1. The fourth-order valence-corrected chi connectivity index (χ4v) is 1.16. The lowest BCUT2D eigenvalue weighted by atomic mass is 10.4. The van der Waals surface area contributed by atoms with Crippen LogP contribution in [0.1, 0.15) is 5.82 Å². The predicted octanol–water partition coefficient (Wildman–Crippen LogP) is 0.552. The molecule has 0 bridgehead atoms. The highest BCUT2D eigenvalue weighted by Gasteiger charge is 2.03. The van der Waals surface area contributed by atoms with Gasteiger partial charge in [-0.15, -0.1) is 0 Å². The molecule has 0 amide bonds. The normalized spacial score (nSPS) is 10.5. The fraction of sp³-hybridized carbons (Fsp3) is 0.143. The van der Waals surface area contributed by atoms with Gasteiger partial charge in [0.25, 0.3) is 0 Å². The molecule has 0 radical (unpaired) electrons. The maximum absolute atomic E-state index is 5.26. The van der Waals surface area contributed by atoms with Crippen LogP contribution in [0.15, 0.2) is 12.3 Å². The zero-order valence-corrected chi connectivity index (χ0v) is 6.63. The van der Waals surface area contributed by atoms with E-state index in [-0.39, 0.29) is 0 Å². The first-order chi connectivity index (χ1) is 5.81. The molecule has 0 aromatic carbocycles. The fourth-order valence-electron chi connectivity index (χ4n) is 1.16. The molecule has 0 saturated heterocycles. The Balaban J connectivity index is 2.78. The summed E-state index contributed by atoms with van der Waals surface area (Å²) in [6, 6.07) is 1.86. The molecule has 0 atom stereocenters. The number of pyridine rings is 1. The topological polar surface area (TPSA) is 79.6 Å². The van der Waals surface area contributed by atoms with Crippen molar-refractivity contribution in [1.29, 1.82) is 0 Å². The minimum atomic E-state index is 0.594. The predicted molar refractivity (Wildman–Crippen MR) is 46.4 cm³/mol. The molecule has 12 heavy (non-hydrogen) atoms. The largest absolute Gasteiger partial charge is 0.342 e. The van der Waals surface area contributed by atoms with E-state index in [1.807, 2.05) is 13.0 Å². The molecule has 4 N–H and O–H groups in total. The van der Waals surface area contributed by atoms with Gasteiger partial charge in [-0.2, -0.15) is 0 Å². The van der Waals surface area contributed by atoms with Crippen LogP contribution in [0.3, 0.4) is 0 Å². The van der Waals surface area contributed by atoms with Crippen LogP contribution in [0.25, 0.3) is 11.0 Å². The Bertz CT molecular complexity index is 405. The molecule has 0 unspecified atom stereocenters. The quantitative estimate of drug-likeness (QED) is 0.423. The van der Waals surface area contributed by atoms with Gasteiger partial charge in [0.1, 0.15) is 11.3 Å². The zero-order valence-electron chi connectivity index (χ0n) is 6.63. The van der Waals surface area contributed by atoms with E-state index in [4.69, 9.17) is 5.84 Å². The summed E-state index contributed by atoms with van der Waals surface area (Å²) < 4.78 is 0. The van der Waals surface area contributed by atoms with E-state index >= 15 is 0 Å². The summed E-state index contributed by atoms with van der Waals surface area (Å²) in [5.41, 5.74) is 4.21. The molecule has 2 rings (SSSR count). The van der Waals surface area contributed by atoms with E-state index < -0.39 is 0 Å². The second-order valence-corrected chi connectivity index (χ2v) is 2.52. The summed E-state index contributed by atoms with van der Waals surface area (Å²) in [7, 11) is 0. The van der Waals surface area contributed by atoms with E-state index in [1.165, 1.54) is 0 Å². The van der Waals surface area contributed by atoms with Crippen molar-refractivity contribution in [3.8, 4) is 0 Å². The molecule has 0 saturated carbocycles. The number of nitrogen functional groups attached to an aromatic ring is 1. The number of aromatic nitrogens is 3. The zero-order chi connectivity index (χ0) is 8.55. The van der Waals surface area contributed by atoms with Gasteiger partial charge < -0.3 is 10.4 Å². The Kier molecular flexibility index (Phi) is 1.44. The average molecular weight is 163 g/mol. The number of imidazole rings is 1. The number of nitrogens with zero attached hydrogens (tertiary/aromatic N) is 2. The second-order valence-electron chi connectivity index (χ2n) is 2.52. The van der Waals surface area contributed by atoms with Crippen molar-refractivity contribution in [2.45, 2.75) is 6.92 Å². The molecule has 0 aliphatic rings. The minimum Gasteiger partial charge on any atom is -0.342 e. The van der Waals surface area contributed by atoms with E-state index in [0.29, 0.717) is 5.82 Å². The van der Waals surface area contributed by atoms with Gasteiger partial charge in [0.05, 0.1) is 5.52 Å². The maximum atomic E-state index is 5.26. The van der Waals surface area contributed by atoms with Gasteiger partial charge in [0.15, 0.2) is 5.82 Å². The highest BCUT2D eigenvalue weighted by molar-refractivity contribution is 5.85. The number of hydrogen-bond acceptors (Lipinski definition) is 4. The van der Waals surface area contributed by atoms with Crippen LogP contribution in [0.4, 0.5) is 5.82 Å². The summed E-state index contributed by atoms with van der Waals surface area (Å²) in [6.07, 6.45) is 1.68. The maximum Gasteiger partial charge on any atom is 0.168 e. The lowest BCUT2D eigenvalue weighted by molar-refractivity contribution is 1.17. The van der Waals surface area contributed by atoms with Crippen LogP contribution < -0.4 is 11.3 Å². The molecular weight excluding hydrogens is 154 g/mol. The number of aromatic amines is 1. The average Bonchev–Trinajstić information content (AvgIpc) is 2.44. The lowest BCUT2D eigenvalue weighted by Crippen LogP contribution is -2.08. The third kappa shape index (κ3) is 0.911. The number of nitrogens with one attached hydrogen (secondary N) is 2. The molecule has 5 nitrogen and oxygen atoms in total. The Hall–Kier alpha value is -1.62. The number of hydrogen-bond donors (Lipinski definition) is 3. The van der Waals surface area contributed by atoms with Crippen LogP contribution in [0.5, 0.6) is 0 Å². The third-order valence-corrected chi connectivity index (χ3v) is 1.66. The first-order valence-electron chi connectivity index (χ1n) is 3.59. The molecule has 0 aliphatic heterocycles. The summed E-state index contributed by atoms with van der Waals surface area (Å²) in [5.74, 6) is 6.71. The van der Waals surface area contributed by atoms with Gasteiger partial charge in [-0.25, -0.2) is 15.8 Å². The molecule has 2 heterocycles. The summed E-state index contributed by atoms with van der Waals surface area (Å²) >= 11 is 0. The van der Waals surface area contributed by atoms with Crippen molar-refractivity contribution in [3.05, 3.63) is 18.1 Å². The molecule has 0 aliphatic carbocycles. The number of nitrogens with two attached hydrogens (primary N) is 1. The van der Waals surface area contributed by atoms with E-state index in [0.717, 1.165) is 16.9 Å². The molecule has 2 aromatic heterocycles. The van der Waals surface area contributed by atoms with Gasteiger partial charge in [-0.3, -0.25) is 0 Å². The summed E-state index contributed by atoms with van der Waals surface area (Å²) in [5, 5.41) is 0. The van der Waals surface area contributed by atoms with Crippen molar-refractivity contribution in [3.63, 3.8) is 0 Å². The molecule has 0 fully saturated rings. The van der Waals surface area contributed by atoms with E-state index in [1.54, 1.807) is 6.20 Å². The summed E-state index contributed by atoms with van der Waals surface area (Å²) in [6.45, 7) is 1.89. The van der Waals surface area contributed by atoms with Crippen LogP contribution in [-0.4, -0.2) is 15.0 Å². The second kappa shape index (κ2) is 2.46. The minimum absolute atomic E-state index is 0.594. The number of H-pyrrole nitrogens is 1. The highest BCUT2D eigenvalue weighted by atomic mass is 15.3. The van der Waals surface area contributed by atoms with Crippen molar-refractivity contribution >= 4 is 16.9 Å². The van der Waals surface area contributed by atoms with Gasteiger partial charge in [-0.05, 0) is 13.0 Å². The van der Waals surface area contributed by atoms with Crippen LogP contribution in [0, 0.1) is 6.92 Å². The smallest absolute Gasteiger partial charge is 0.168 e. The van der Waals surface area contributed by atoms with Gasteiger partial charge >= 0.3 is 0 Å². The van der Waals surface area contributed by atoms with Crippen molar-refractivity contribution in [1.82, 2.24) is 15.0 Å². The van der Waals surface area contributed by atoms with Gasteiger partial charge in [0.2, 0.25) is 0 Å². The summed E-state index contributed by atoms with van der Waals surface area (Å²) in [4.78, 5) is 11.3. The van der Waals surface area contributed by atoms with Crippen molar-refractivity contribution < 1.29 is 0 Å². The van der Waals surface area contributed by atoms with E-state index in [9.17, 15) is 0 Å². The number of fused-ring (bicyclic) bond motifs is 1. The molecule has 62 valence electrons. The standard InChI is InChI=1S/C7H9N5/c1-4-10-5-2-3-9-7(12-8)6(5)11-4/h2-3H,8H2,1H3,(H,9,12)(H,10,11). The van der Waals surface area contributed by atoms with Gasteiger partial charge in [-0.1, -0.05) is 0 Å². The number of rotatable bonds is 1. The van der Waals surface area contributed by atoms with Crippen LogP contribution in [-0.2, 0) is 0 Å². The van der Waals surface area contributed by atoms with Crippen molar-refractivity contribution in [2.24, 2.45) is 5.84 Å². The Morgan fingerprint density at radius 2 is 2.42 bits per heavy atom. The molecule has 2 aromatic rings. The Morgan fingerprint density at radius 3 is 3.17 bits per heavy atom. The number of hydrazine groups is 1. The van der Waals surface area contributed by atoms with Crippen LogP contribution in [0.2, 0.25) is 0 Å². The van der Waals surface area contributed by atoms with E-state index in [2.05, 4.69) is 20.4 Å². The molecular formula is C7H9N5. The first-order valence-corrected chi connectivity index (χ1v) is 3.59. The van der Waals surface area contributed by atoms with Gasteiger partial charge in [0, 0.05) is 6.20 Å². The number of aryl methyl sites for hydroxylation is 1. The Morgan fingerprint density at radius 1 is 1.58 bits per heavy atom. The Labute approximate surface area is 69.0 Å². The van der Waals surface area contributed by atoms with Crippen molar-refractivity contribution in [2.75, 3.05) is 5.43 Å². The SMILES string of the molecule is Cc1nc2c(NN)nccc2[nH]1. The highest BCUT2D eigenvalue weighted by Crippen LogP contribution is 2.16. The third-order valence-electron chi connectivity index (χ3n) is 1.66. The molecule has 5 heteroatoms.